The molecular weight excluding hydrogens is 146 g/mol. The summed E-state index contributed by atoms with van der Waals surface area (Å²) < 4.78 is 0. The van der Waals surface area contributed by atoms with Crippen LogP contribution in [0.15, 0.2) is 0 Å². The van der Waals surface area contributed by atoms with E-state index in [9.17, 15) is 5.11 Å². The second-order valence-corrected chi connectivity index (χ2v) is 2.98. The third kappa shape index (κ3) is 2.13. The molecule has 1 saturated heterocycles. The molecule has 1 aliphatic rings. The van der Waals surface area contributed by atoms with Crippen LogP contribution in [0, 0.1) is 0 Å². The van der Waals surface area contributed by atoms with Crippen LogP contribution in [-0.2, 0) is 0 Å². The summed E-state index contributed by atoms with van der Waals surface area (Å²) >= 11 is 0. The maximum Gasteiger partial charge on any atom is 0.0716 e. The van der Waals surface area contributed by atoms with Gasteiger partial charge in [0.1, 0.15) is 0 Å². The summed E-state index contributed by atoms with van der Waals surface area (Å²) in [6.07, 6.45) is 0.959. The van der Waals surface area contributed by atoms with Gasteiger partial charge in [0.2, 0.25) is 0 Å². The van der Waals surface area contributed by atoms with Gasteiger partial charge in [0.05, 0.1) is 25.4 Å². The van der Waals surface area contributed by atoms with Crippen LogP contribution in [0.1, 0.15) is 12.8 Å². The standard InChI is InChI=1S/C7H15NO3/c9-3-5-1-2-7(11)6(4-10)8-5/h5-11H,1-4H2/t5-,6-,7-/m0/s1. The summed E-state index contributed by atoms with van der Waals surface area (Å²) in [5.41, 5.74) is 0. The van der Waals surface area contributed by atoms with Crippen molar-refractivity contribution >= 4 is 0 Å². The van der Waals surface area contributed by atoms with Crippen LogP contribution in [0.5, 0.6) is 0 Å². The first kappa shape index (κ1) is 8.93. The topological polar surface area (TPSA) is 72.7 Å². The van der Waals surface area contributed by atoms with E-state index in [1.807, 2.05) is 0 Å². The summed E-state index contributed by atoms with van der Waals surface area (Å²) in [7, 11) is 0. The molecule has 4 heteroatoms. The van der Waals surface area contributed by atoms with Crippen molar-refractivity contribution in [3.05, 3.63) is 0 Å². The van der Waals surface area contributed by atoms with Gasteiger partial charge in [0, 0.05) is 6.04 Å². The highest BCUT2D eigenvalue weighted by molar-refractivity contribution is 4.85. The number of aliphatic hydroxyl groups excluding tert-OH is 3. The molecule has 0 spiro atoms. The lowest BCUT2D eigenvalue weighted by molar-refractivity contribution is 0.0395. The SMILES string of the molecule is OC[C@@H]1CC[C@H](O)[C@H](CO)N1. The fourth-order valence-corrected chi connectivity index (χ4v) is 1.39. The van der Waals surface area contributed by atoms with E-state index < -0.39 is 6.10 Å². The summed E-state index contributed by atoms with van der Waals surface area (Å²) in [6.45, 7) is 0.000880. The van der Waals surface area contributed by atoms with E-state index in [-0.39, 0.29) is 25.3 Å². The second-order valence-electron chi connectivity index (χ2n) is 2.98. The highest BCUT2D eigenvalue weighted by atomic mass is 16.3. The van der Waals surface area contributed by atoms with Gasteiger partial charge in [-0.25, -0.2) is 0 Å². The van der Waals surface area contributed by atoms with Crippen LogP contribution in [0.2, 0.25) is 0 Å². The van der Waals surface area contributed by atoms with Crippen LogP contribution in [-0.4, -0.2) is 46.7 Å². The van der Waals surface area contributed by atoms with Crippen LogP contribution >= 0.6 is 0 Å². The lowest BCUT2D eigenvalue weighted by Gasteiger charge is -2.32. The zero-order valence-electron chi connectivity index (χ0n) is 6.40. The van der Waals surface area contributed by atoms with E-state index in [0.29, 0.717) is 6.42 Å². The molecule has 1 fully saturated rings. The van der Waals surface area contributed by atoms with Crippen LogP contribution in [0.25, 0.3) is 0 Å². The van der Waals surface area contributed by atoms with Gasteiger partial charge in [-0.3, -0.25) is 0 Å². The maximum atomic E-state index is 9.28. The molecule has 0 aromatic rings. The molecule has 66 valence electrons. The molecular formula is C7H15NO3. The second kappa shape index (κ2) is 4.01. The van der Waals surface area contributed by atoms with E-state index in [4.69, 9.17) is 10.2 Å². The van der Waals surface area contributed by atoms with Crippen molar-refractivity contribution in [3.63, 3.8) is 0 Å². The normalized spacial score (nSPS) is 39.0. The number of hydrogen-bond donors (Lipinski definition) is 4. The molecule has 4 N–H and O–H groups in total. The van der Waals surface area contributed by atoms with E-state index in [2.05, 4.69) is 5.32 Å². The van der Waals surface area contributed by atoms with Crippen molar-refractivity contribution in [1.82, 2.24) is 5.32 Å². The van der Waals surface area contributed by atoms with E-state index >= 15 is 0 Å². The molecule has 0 bridgehead atoms. The molecule has 0 aromatic heterocycles. The fraction of sp³-hybridized carbons (Fsp3) is 1.00. The highest BCUT2D eigenvalue weighted by Crippen LogP contribution is 2.12. The van der Waals surface area contributed by atoms with Gasteiger partial charge >= 0.3 is 0 Å². The fourth-order valence-electron chi connectivity index (χ4n) is 1.39. The minimum absolute atomic E-state index is 0.0375. The predicted molar refractivity (Wildman–Crippen MR) is 40.1 cm³/mol. The molecule has 0 aromatic carbocycles. The number of aliphatic hydroxyl groups is 3. The molecule has 0 radical (unpaired) electrons. The van der Waals surface area contributed by atoms with Gasteiger partial charge in [-0.15, -0.1) is 0 Å². The first-order valence-electron chi connectivity index (χ1n) is 3.93. The molecule has 0 aliphatic carbocycles. The quantitative estimate of drug-likeness (QED) is 0.396. The van der Waals surface area contributed by atoms with Gasteiger partial charge in [0.25, 0.3) is 0 Å². The predicted octanol–water partition coefficient (Wildman–Crippen LogP) is -1.55. The Labute approximate surface area is 65.9 Å². The first-order chi connectivity index (χ1) is 5.27. The van der Waals surface area contributed by atoms with Gasteiger partial charge in [0.15, 0.2) is 0 Å². The monoisotopic (exact) mass is 161 g/mol. The number of hydrogen-bond acceptors (Lipinski definition) is 4. The third-order valence-corrected chi connectivity index (χ3v) is 2.14. The van der Waals surface area contributed by atoms with Crippen molar-refractivity contribution in [3.8, 4) is 0 Å². The van der Waals surface area contributed by atoms with Crippen LogP contribution in [0.4, 0.5) is 0 Å². The molecule has 3 atom stereocenters. The zero-order valence-corrected chi connectivity index (χ0v) is 6.40. The van der Waals surface area contributed by atoms with Gasteiger partial charge in [-0.1, -0.05) is 0 Å². The van der Waals surface area contributed by atoms with Gasteiger partial charge in [-0.05, 0) is 12.8 Å². The molecule has 0 saturated carbocycles. The van der Waals surface area contributed by atoms with Gasteiger partial charge in [-0.2, -0.15) is 0 Å². The minimum atomic E-state index is -0.470. The van der Waals surface area contributed by atoms with Gasteiger partial charge < -0.3 is 20.6 Å². The van der Waals surface area contributed by atoms with E-state index in [0.717, 1.165) is 6.42 Å². The van der Waals surface area contributed by atoms with Crippen molar-refractivity contribution in [2.45, 2.75) is 31.0 Å². The summed E-state index contributed by atoms with van der Waals surface area (Å²) in [4.78, 5) is 0. The van der Waals surface area contributed by atoms with Crippen molar-refractivity contribution in [2.24, 2.45) is 0 Å². The highest BCUT2D eigenvalue weighted by Gasteiger charge is 2.26. The Hall–Kier alpha value is -0.160. The van der Waals surface area contributed by atoms with Crippen molar-refractivity contribution in [2.75, 3.05) is 13.2 Å². The van der Waals surface area contributed by atoms with E-state index in [1.165, 1.54) is 0 Å². The lowest BCUT2D eigenvalue weighted by atomic mass is 9.97. The van der Waals surface area contributed by atoms with Crippen molar-refractivity contribution < 1.29 is 15.3 Å². The number of rotatable bonds is 2. The Kier molecular flexibility index (Phi) is 3.26. The summed E-state index contributed by atoms with van der Waals surface area (Å²) in [5.74, 6) is 0. The molecule has 1 heterocycles. The molecule has 0 amide bonds. The zero-order chi connectivity index (χ0) is 8.27. The number of piperidine rings is 1. The molecule has 0 unspecified atom stereocenters. The summed E-state index contributed by atoms with van der Waals surface area (Å²) in [5, 5.41) is 29.8. The Morgan fingerprint density at radius 3 is 2.45 bits per heavy atom. The molecule has 1 rings (SSSR count). The smallest absolute Gasteiger partial charge is 0.0716 e. The van der Waals surface area contributed by atoms with E-state index in [1.54, 1.807) is 0 Å². The maximum absolute atomic E-state index is 9.28. The van der Waals surface area contributed by atoms with Crippen LogP contribution in [0.3, 0.4) is 0 Å². The Balaban J connectivity index is 2.37. The molecule has 11 heavy (non-hydrogen) atoms. The average molecular weight is 161 g/mol. The molecule has 4 nitrogen and oxygen atoms in total. The first-order valence-corrected chi connectivity index (χ1v) is 3.93. The lowest BCUT2D eigenvalue weighted by Crippen LogP contribution is -2.53. The Morgan fingerprint density at radius 2 is 1.91 bits per heavy atom. The Bertz CT molecular complexity index is 120. The average Bonchev–Trinajstić information content (AvgIpc) is 2.05. The van der Waals surface area contributed by atoms with Crippen molar-refractivity contribution in [1.29, 1.82) is 0 Å². The minimum Gasteiger partial charge on any atom is -0.395 e. The third-order valence-electron chi connectivity index (χ3n) is 2.14. The largest absolute Gasteiger partial charge is 0.395 e. The molecule has 1 aliphatic heterocycles. The van der Waals surface area contributed by atoms with Crippen LogP contribution < -0.4 is 5.32 Å². The number of nitrogens with one attached hydrogen (secondary N) is 1. The Morgan fingerprint density at radius 1 is 1.18 bits per heavy atom. The summed E-state index contributed by atoms with van der Waals surface area (Å²) in [6, 6.07) is -0.226.